The molecule has 1 saturated heterocycles. The molecule has 0 spiro atoms. The van der Waals surface area contributed by atoms with E-state index >= 15 is 0 Å². The Morgan fingerprint density at radius 1 is 1.47 bits per heavy atom. The normalized spacial score (nSPS) is 32.3. The highest BCUT2D eigenvalue weighted by molar-refractivity contribution is 8.00. The lowest BCUT2D eigenvalue weighted by Crippen LogP contribution is -2.52. The van der Waals surface area contributed by atoms with Gasteiger partial charge in [-0.05, 0) is 13.8 Å². The number of carbonyl (C=O) groups is 1. The fourth-order valence-electron chi connectivity index (χ4n) is 2.02. The van der Waals surface area contributed by atoms with Crippen LogP contribution in [0.25, 0.3) is 0 Å². The molecule has 3 nitrogen and oxygen atoms in total. The summed E-state index contributed by atoms with van der Waals surface area (Å²) in [5, 5.41) is 9.60. The molecule has 0 aliphatic carbocycles. The van der Waals surface area contributed by atoms with Gasteiger partial charge in [0.25, 0.3) is 0 Å². The van der Waals surface area contributed by atoms with Crippen molar-refractivity contribution in [2.45, 2.75) is 45.0 Å². The van der Waals surface area contributed by atoms with Crippen LogP contribution in [0.3, 0.4) is 0 Å². The fourth-order valence-corrected chi connectivity index (χ4v) is 3.15. The largest absolute Gasteiger partial charge is 0.481 e. The second kappa shape index (κ2) is 5.21. The average molecular weight is 231 g/mol. The quantitative estimate of drug-likeness (QED) is 0.805. The number of hydrogen-bond acceptors (Lipinski definition) is 3. The first-order valence-corrected chi connectivity index (χ1v) is 6.60. The molecular weight excluding hydrogens is 210 g/mol. The van der Waals surface area contributed by atoms with Crippen LogP contribution in [0.4, 0.5) is 0 Å². The van der Waals surface area contributed by atoms with Crippen LogP contribution < -0.4 is 0 Å². The van der Waals surface area contributed by atoms with Crippen LogP contribution in [0, 0.1) is 5.92 Å². The molecule has 4 heteroatoms. The van der Waals surface area contributed by atoms with E-state index in [-0.39, 0.29) is 12.0 Å². The van der Waals surface area contributed by atoms with Gasteiger partial charge in [0.2, 0.25) is 0 Å². The van der Waals surface area contributed by atoms with E-state index in [9.17, 15) is 4.79 Å². The van der Waals surface area contributed by atoms with Crippen LogP contribution >= 0.6 is 11.8 Å². The van der Waals surface area contributed by atoms with E-state index in [2.05, 4.69) is 18.7 Å². The molecule has 88 valence electrons. The van der Waals surface area contributed by atoms with Crippen molar-refractivity contribution in [3.05, 3.63) is 0 Å². The highest BCUT2D eigenvalue weighted by Crippen LogP contribution is 2.27. The van der Waals surface area contributed by atoms with E-state index in [0.29, 0.717) is 11.3 Å². The van der Waals surface area contributed by atoms with E-state index < -0.39 is 5.97 Å². The van der Waals surface area contributed by atoms with Crippen molar-refractivity contribution < 1.29 is 9.90 Å². The molecule has 0 aromatic rings. The Balaban J connectivity index is 2.65. The van der Waals surface area contributed by atoms with Crippen molar-refractivity contribution in [2.75, 3.05) is 12.3 Å². The number of nitrogens with zero attached hydrogens (tertiary/aromatic N) is 1. The van der Waals surface area contributed by atoms with Gasteiger partial charge in [0.1, 0.15) is 0 Å². The maximum absolute atomic E-state index is 10.9. The van der Waals surface area contributed by atoms with Crippen molar-refractivity contribution in [3.63, 3.8) is 0 Å². The number of carboxylic acids is 1. The predicted octanol–water partition coefficient (Wildman–Crippen LogP) is 1.92. The highest BCUT2D eigenvalue weighted by atomic mass is 32.2. The van der Waals surface area contributed by atoms with Crippen molar-refractivity contribution in [1.82, 2.24) is 4.90 Å². The number of thioether (sulfide) groups is 1. The average Bonchev–Trinajstić information content (AvgIpc) is 2.20. The molecule has 1 aliphatic heterocycles. The lowest BCUT2D eigenvalue weighted by molar-refractivity contribution is -0.143. The Bertz CT molecular complexity index is 235. The summed E-state index contributed by atoms with van der Waals surface area (Å²) in [5.41, 5.74) is 0. The second-order valence-corrected chi connectivity index (χ2v) is 5.91. The molecule has 15 heavy (non-hydrogen) atoms. The van der Waals surface area contributed by atoms with E-state index in [1.165, 1.54) is 0 Å². The summed E-state index contributed by atoms with van der Waals surface area (Å²) in [7, 11) is 0. The molecule has 1 fully saturated rings. The molecule has 1 rings (SSSR count). The van der Waals surface area contributed by atoms with Gasteiger partial charge >= 0.3 is 5.97 Å². The summed E-state index contributed by atoms with van der Waals surface area (Å²) in [5.74, 6) is 0.130. The first-order valence-electron chi connectivity index (χ1n) is 5.55. The summed E-state index contributed by atoms with van der Waals surface area (Å²) in [6.07, 6.45) is 0. The van der Waals surface area contributed by atoms with Gasteiger partial charge in [-0.3, -0.25) is 9.69 Å². The standard InChI is InChI=1S/C11H21NO2S/c1-7(11(13)14)8(2)12-5-6-15-10(4)9(12)3/h7-10H,5-6H2,1-4H3,(H,13,14). The first kappa shape index (κ1) is 12.8. The third-order valence-electron chi connectivity index (χ3n) is 3.57. The minimum absolute atomic E-state index is 0.126. The smallest absolute Gasteiger partial charge is 0.307 e. The Kier molecular flexibility index (Phi) is 4.46. The number of carboxylic acid groups (broad SMARTS) is 1. The van der Waals surface area contributed by atoms with Gasteiger partial charge in [-0.15, -0.1) is 0 Å². The molecule has 0 aromatic carbocycles. The zero-order valence-electron chi connectivity index (χ0n) is 9.93. The van der Waals surface area contributed by atoms with Gasteiger partial charge in [0.15, 0.2) is 0 Å². The van der Waals surface area contributed by atoms with Gasteiger partial charge in [0.05, 0.1) is 5.92 Å². The SMILES string of the molecule is CC1SCCN(C(C)C(C)C(=O)O)C1C. The monoisotopic (exact) mass is 231 g/mol. The Hall–Kier alpha value is -0.220. The summed E-state index contributed by atoms with van der Waals surface area (Å²) < 4.78 is 0. The zero-order valence-corrected chi connectivity index (χ0v) is 10.8. The lowest BCUT2D eigenvalue weighted by Gasteiger charge is -2.42. The lowest BCUT2D eigenvalue weighted by atomic mass is 10.00. The minimum atomic E-state index is -0.694. The molecule has 0 amide bonds. The van der Waals surface area contributed by atoms with E-state index in [4.69, 9.17) is 5.11 Å². The molecule has 1 N–H and O–H groups in total. The zero-order chi connectivity index (χ0) is 11.6. The number of hydrogen-bond donors (Lipinski definition) is 1. The molecule has 1 heterocycles. The third-order valence-corrected chi connectivity index (χ3v) is 4.91. The van der Waals surface area contributed by atoms with Gasteiger partial charge in [-0.25, -0.2) is 0 Å². The molecule has 0 bridgehead atoms. The molecule has 0 aromatic heterocycles. The summed E-state index contributed by atoms with van der Waals surface area (Å²) >= 11 is 1.98. The molecule has 4 atom stereocenters. The number of aliphatic carboxylic acids is 1. The highest BCUT2D eigenvalue weighted by Gasteiger charge is 2.33. The molecule has 1 aliphatic rings. The fraction of sp³-hybridized carbons (Fsp3) is 0.909. The van der Waals surface area contributed by atoms with Crippen molar-refractivity contribution in [3.8, 4) is 0 Å². The van der Waals surface area contributed by atoms with E-state index in [0.717, 1.165) is 12.3 Å². The van der Waals surface area contributed by atoms with Crippen LogP contribution in [0.1, 0.15) is 27.7 Å². The topological polar surface area (TPSA) is 40.5 Å². The molecule has 4 unspecified atom stereocenters. The maximum Gasteiger partial charge on any atom is 0.307 e. The van der Waals surface area contributed by atoms with Crippen LogP contribution in [0.2, 0.25) is 0 Å². The molecule has 0 radical (unpaired) electrons. The Morgan fingerprint density at radius 3 is 2.60 bits per heavy atom. The summed E-state index contributed by atoms with van der Waals surface area (Å²) in [6, 6.07) is 0.599. The van der Waals surface area contributed by atoms with Gasteiger partial charge in [-0.2, -0.15) is 11.8 Å². The van der Waals surface area contributed by atoms with Crippen LogP contribution in [0.5, 0.6) is 0 Å². The van der Waals surface area contributed by atoms with Crippen molar-refractivity contribution in [2.24, 2.45) is 5.92 Å². The number of rotatable bonds is 3. The van der Waals surface area contributed by atoms with E-state index in [1.807, 2.05) is 18.7 Å². The predicted molar refractivity (Wildman–Crippen MR) is 64.3 cm³/mol. The van der Waals surface area contributed by atoms with Crippen molar-refractivity contribution in [1.29, 1.82) is 0 Å². The van der Waals surface area contributed by atoms with Gasteiger partial charge in [0, 0.05) is 29.6 Å². The molecular formula is C11H21NO2S. The molecule has 0 saturated carbocycles. The second-order valence-electron chi connectivity index (χ2n) is 4.42. The van der Waals surface area contributed by atoms with Gasteiger partial charge < -0.3 is 5.11 Å². The first-order chi connectivity index (χ1) is 6.95. The van der Waals surface area contributed by atoms with Crippen molar-refractivity contribution >= 4 is 17.7 Å². The van der Waals surface area contributed by atoms with Crippen LogP contribution in [0.15, 0.2) is 0 Å². The third kappa shape index (κ3) is 2.88. The van der Waals surface area contributed by atoms with Crippen LogP contribution in [-0.4, -0.2) is 45.6 Å². The Morgan fingerprint density at radius 2 is 2.07 bits per heavy atom. The Labute approximate surface area is 96.2 Å². The van der Waals surface area contributed by atoms with Gasteiger partial charge in [-0.1, -0.05) is 13.8 Å². The van der Waals surface area contributed by atoms with Crippen LogP contribution in [-0.2, 0) is 4.79 Å². The summed E-state index contributed by atoms with van der Waals surface area (Å²) in [6.45, 7) is 9.25. The maximum atomic E-state index is 10.9. The minimum Gasteiger partial charge on any atom is -0.481 e. The van der Waals surface area contributed by atoms with E-state index in [1.54, 1.807) is 6.92 Å². The summed E-state index contributed by atoms with van der Waals surface area (Å²) in [4.78, 5) is 13.3.